The Morgan fingerprint density at radius 1 is 1.08 bits per heavy atom. The van der Waals surface area contributed by atoms with Crippen LogP contribution in [0.5, 0.6) is 11.5 Å². The van der Waals surface area contributed by atoms with Gasteiger partial charge in [-0.3, -0.25) is 0 Å². The molecule has 2 heterocycles. The number of nitrogens with zero attached hydrogens (tertiary/aromatic N) is 2. The van der Waals surface area contributed by atoms with Crippen molar-refractivity contribution >= 4 is 21.7 Å². The van der Waals surface area contributed by atoms with Crippen LogP contribution in [0.4, 0.5) is 5.82 Å². The Balaban J connectivity index is 1.86. The summed E-state index contributed by atoms with van der Waals surface area (Å²) in [6.45, 7) is 0.918. The molecular weight excluding hydrogens is 382 g/mol. The van der Waals surface area contributed by atoms with Gasteiger partial charge < -0.3 is 14.8 Å². The van der Waals surface area contributed by atoms with Gasteiger partial charge in [0.2, 0.25) is 0 Å². The Labute approximate surface area is 154 Å². The molecule has 1 aliphatic heterocycles. The zero-order valence-corrected chi connectivity index (χ0v) is 15.6. The van der Waals surface area contributed by atoms with Crippen molar-refractivity contribution in [2.75, 3.05) is 26.1 Å². The third-order valence-electron chi connectivity index (χ3n) is 4.36. The molecule has 6 heteroatoms. The number of hydrogen-bond acceptors (Lipinski definition) is 4. The summed E-state index contributed by atoms with van der Waals surface area (Å²) in [6, 6.07) is 14.1. The van der Waals surface area contributed by atoms with Gasteiger partial charge in [0.1, 0.15) is 5.82 Å². The molecule has 0 saturated heterocycles. The van der Waals surface area contributed by atoms with E-state index in [-0.39, 0.29) is 0 Å². The monoisotopic (exact) mass is 399 g/mol. The van der Waals surface area contributed by atoms with E-state index < -0.39 is 0 Å². The zero-order chi connectivity index (χ0) is 17.4. The number of fused-ring (bicyclic) bond motifs is 1. The van der Waals surface area contributed by atoms with Crippen LogP contribution in [-0.4, -0.2) is 30.5 Å². The van der Waals surface area contributed by atoms with Gasteiger partial charge in [-0.1, -0.05) is 22.0 Å². The number of aromatic nitrogens is 2. The molecule has 0 amide bonds. The van der Waals surface area contributed by atoms with Gasteiger partial charge in [-0.25, -0.2) is 4.68 Å². The second-order valence-electron chi connectivity index (χ2n) is 5.81. The fraction of sp³-hybridized carbons (Fsp3) is 0.211. The Bertz CT molecular complexity index is 936. The SMILES string of the molecule is COc1ccc(-c2nn(-c3cccc(Br)c3)c3c2CCN3)cc1OC. The largest absolute Gasteiger partial charge is 0.493 e. The van der Waals surface area contributed by atoms with Crippen LogP contribution >= 0.6 is 15.9 Å². The first-order valence-corrected chi connectivity index (χ1v) is 8.84. The van der Waals surface area contributed by atoms with Gasteiger partial charge in [0, 0.05) is 22.1 Å². The standard InChI is InChI=1S/C19H18BrN3O2/c1-24-16-7-6-12(10-17(16)25-2)18-15-8-9-21-19(15)23(22-18)14-5-3-4-13(20)11-14/h3-7,10-11,21H,8-9H2,1-2H3. The molecule has 1 N–H and O–H groups in total. The lowest BCUT2D eigenvalue weighted by Crippen LogP contribution is -2.04. The van der Waals surface area contributed by atoms with Crippen molar-refractivity contribution in [2.45, 2.75) is 6.42 Å². The zero-order valence-electron chi connectivity index (χ0n) is 14.0. The highest BCUT2D eigenvalue weighted by atomic mass is 79.9. The van der Waals surface area contributed by atoms with Gasteiger partial charge in [-0.05, 0) is 42.8 Å². The fourth-order valence-electron chi connectivity index (χ4n) is 3.18. The van der Waals surface area contributed by atoms with Crippen molar-refractivity contribution in [1.29, 1.82) is 0 Å². The summed E-state index contributed by atoms with van der Waals surface area (Å²) >= 11 is 3.53. The predicted molar refractivity (Wildman–Crippen MR) is 102 cm³/mol. The van der Waals surface area contributed by atoms with Gasteiger partial charge in [0.25, 0.3) is 0 Å². The third kappa shape index (κ3) is 2.76. The number of benzene rings is 2. The summed E-state index contributed by atoms with van der Waals surface area (Å²) < 4.78 is 13.8. The van der Waals surface area contributed by atoms with Crippen molar-refractivity contribution in [3.63, 3.8) is 0 Å². The van der Waals surface area contributed by atoms with Crippen LogP contribution in [-0.2, 0) is 6.42 Å². The minimum atomic E-state index is 0.705. The van der Waals surface area contributed by atoms with E-state index >= 15 is 0 Å². The maximum Gasteiger partial charge on any atom is 0.161 e. The smallest absolute Gasteiger partial charge is 0.161 e. The molecule has 0 unspecified atom stereocenters. The van der Waals surface area contributed by atoms with Crippen LogP contribution in [0.25, 0.3) is 16.9 Å². The van der Waals surface area contributed by atoms with Crippen LogP contribution in [0.1, 0.15) is 5.56 Å². The molecule has 4 rings (SSSR count). The third-order valence-corrected chi connectivity index (χ3v) is 4.85. The number of hydrogen-bond donors (Lipinski definition) is 1. The number of nitrogens with one attached hydrogen (secondary N) is 1. The molecule has 0 spiro atoms. The lowest BCUT2D eigenvalue weighted by molar-refractivity contribution is 0.355. The van der Waals surface area contributed by atoms with Gasteiger partial charge in [0.05, 0.1) is 25.6 Å². The molecule has 5 nitrogen and oxygen atoms in total. The summed E-state index contributed by atoms with van der Waals surface area (Å²) in [7, 11) is 3.29. The predicted octanol–water partition coefficient (Wildman–Crippen LogP) is 4.29. The van der Waals surface area contributed by atoms with Crippen LogP contribution < -0.4 is 14.8 Å². The summed E-state index contributed by atoms with van der Waals surface area (Å²) in [4.78, 5) is 0. The summed E-state index contributed by atoms with van der Waals surface area (Å²) in [5.41, 5.74) is 4.24. The van der Waals surface area contributed by atoms with E-state index in [0.29, 0.717) is 11.5 Å². The Kier molecular flexibility index (Phi) is 4.13. The first kappa shape index (κ1) is 16.0. The first-order valence-electron chi connectivity index (χ1n) is 8.05. The molecule has 128 valence electrons. The molecule has 0 fully saturated rings. The van der Waals surface area contributed by atoms with E-state index in [1.165, 1.54) is 5.56 Å². The van der Waals surface area contributed by atoms with E-state index in [2.05, 4.69) is 33.4 Å². The molecular formula is C19H18BrN3O2. The molecule has 0 aliphatic carbocycles. The number of ether oxygens (including phenoxy) is 2. The normalized spacial score (nSPS) is 12.6. The van der Waals surface area contributed by atoms with E-state index in [1.54, 1.807) is 14.2 Å². The highest BCUT2D eigenvalue weighted by Gasteiger charge is 2.24. The summed E-state index contributed by atoms with van der Waals surface area (Å²) in [5.74, 6) is 2.48. The molecule has 3 aromatic rings. The lowest BCUT2D eigenvalue weighted by atomic mass is 10.1. The number of rotatable bonds is 4. The molecule has 2 aromatic carbocycles. The highest BCUT2D eigenvalue weighted by Crippen LogP contribution is 2.38. The van der Waals surface area contributed by atoms with Crippen molar-refractivity contribution in [2.24, 2.45) is 0 Å². The molecule has 0 bridgehead atoms. The van der Waals surface area contributed by atoms with E-state index in [1.807, 2.05) is 35.0 Å². The second kappa shape index (κ2) is 6.44. The van der Waals surface area contributed by atoms with Gasteiger partial charge in [-0.15, -0.1) is 0 Å². The van der Waals surface area contributed by atoms with Crippen molar-refractivity contribution < 1.29 is 9.47 Å². The molecule has 0 atom stereocenters. The minimum Gasteiger partial charge on any atom is -0.493 e. The summed E-state index contributed by atoms with van der Waals surface area (Å²) in [6.07, 6.45) is 0.951. The molecule has 0 saturated carbocycles. The molecule has 1 aliphatic rings. The number of halogens is 1. The van der Waals surface area contributed by atoms with Crippen molar-refractivity contribution in [3.05, 3.63) is 52.5 Å². The van der Waals surface area contributed by atoms with E-state index in [9.17, 15) is 0 Å². The van der Waals surface area contributed by atoms with Crippen molar-refractivity contribution in [1.82, 2.24) is 9.78 Å². The second-order valence-corrected chi connectivity index (χ2v) is 6.73. The topological polar surface area (TPSA) is 48.3 Å². The molecule has 0 radical (unpaired) electrons. The van der Waals surface area contributed by atoms with E-state index in [4.69, 9.17) is 14.6 Å². The van der Waals surface area contributed by atoms with Crippen LogP contribution in [0.3, 0.4) is 0 Å². The van der Waals surface area contributed by atoms with Crippen molar-refractivity contribution in [3.8, 4) is 28.4 Å². The minimum absolute atomic E-state index is 0.705. The first-order chi connectivity index (χ1) is 12.2. The molecule has 25 heavy (non-hydrogen) atoms. The lowest BCUT2D eigenvalue weighted by Gasteiger charge is -2.09. The summed E-state index contributed by atoms with van der Waals surface area (Å²) in [5, 5.41) is 8.34. The average Bonchev–Trinajstić information content (AvgIpc) is 3.23. The van der Waals surface area contributed by atoms with Crippen LogP contribution in [0.2, 0.25) is 0 Å². The Morgan fingerprint density at radius 2 is 1.92 bits per heavy atom. The molecule has 1 aromatic heterocycles. The van der Waals surface area contributed by atoms with Gasteiger partial charge in [0.15, 0.2) is 11.5 Å². The average molecular weight is 400 g/mol. The Morgan fingerprint density at radius 3 is 2.68 bits per heavy atom. The van der Waals surface area contributed by atoms with Gasteiger partial charge >= 0.3 is 0 Å². The van der Waals surface area contributed by atoms with Crippen LogP contribution in [0.15, 0.2) is 46.9 Å². The highest BCUT2D eigenvalue weighted by molar-refractivity contribution is 9.10. The van der Waals surface area contributed by atoms with Gasteiger partial charge in [-0.2, -0.15) is 5.10 Å². The van der Waals surface area contributed by atoms with E-state index in [0.717, 1.165) is 40.2 Å². The number of methoxy groups -OCH3 is 2. The maximum atomic E-state index is 5.44. The quantitative estimate of drug-likeness (QED) is 0.710. The number of anilines is 1. The maximum absolute atomic E-state index is 5.44. The fourth-order valence-corrected chi connectivity index (χ4v) is 3.57. The Hall–Kier alpha value is -2.47. The van der Waals surface area contributed by atoms with Crippen LogP contribution in [0, 0.1) is 0 Å².